The number of nitrogens with zero attached hydrogens (tertiary/aromatic N) is 3. The predicted molar refractivity (Wildman–Crippen MR) is 111 cm³/mol. The van der Waals surface area contributed by atoms with Crippen molar-refractivity contribution < 1.29 is 13.2 Å². The van der Waals surface area contributed by atoms with E-state index < -0.39 is 15.6 Å². The van der Waals surface area contributed by atoms with Crippen molar-refractivity contribution in [1.29, 1.82) is 0 Å². The lowest BCUT2D eigenvalue weighted by molar-refractivity contribution is 0.102. The first-order valence-corrected chi connectivity index (χ1v) is 10.4. The van der Waals surface area contributed by atoms with Crippen LogP contribution in [0.2, 0.25) is 0 Å². The zero-order valence-electron chi connectivity index (χ0n) is 16.7. The number of sulfonamides is 1. The molecule has 0 saturated heterocycles. The smallest absolute Gasteiger partial charge is 0.256 e. The molecular formula is C20H23N5O3S. The van der Waals surface area contributed by atoms with Crippen LogP contribution in [0.1, 0.15) is 31.1 Å². The highest BCUT2D eigenvalue weighted by Gasteiger charge is 2.22. The standard InChI is InChI=1S/C20H23N5O3S/c1-20(2,3)24-29(27,28)16-7-5-15(6-8-16)19(26)22-18-13-17(23-25(18)4)14-9-11-21-12-10-14/h5-13,24H,1-4H3,(H,22,26). The highest BCUT2D eigenvalue weighted by molar-refractivity contribution is 7.89. The first-order valence-electron chi connectivity index (χ1n) is 8.95. The molecule has 0 radical (unpaired) electrons. The van der Waals surface area contributed by atoms with Crippen molar-refractivity contribution in [2.75, 3.05) is 5.32 Å². The Morgan fingerprint density at radius 3 is 2.24 bits per heavy atom. The molecule has 0 aliphatic heterocycles. The number of aromatic nitrogens is 3. The number of nitrogens with one attached hydrogen (secondary N) is 2. The fourth-order valence-corrected chi connectivity index (χ4v) is 4.10. The molecule has 0 bridgehead atoms. The normalized spacial score (nSPS) is 12.0. The molecule has 0 aliphatic rings. The van der Waals surface area contributed by atoms with Gasteiger partial charge < -0.3 is 5.32 Å². The van der Waals surface area contributed by atoms with Crippen LogP contribution in [-0.4, -0.2) is 34.6 Å². The number of hydrogen-bond acceptors (Lipinski definition) is 5. The Morgan fingerprint density at radius 1 is 1.03 bits per heavy atom. The summed E-state index contributed by atoms with van der Waals surface area (Å²) in [4.78, 5) is 16.7. The number of rotatable bonds is 5. The topological polar surface area (TPSA) is 106 Å². The highest BCUT2D eigenvalue weighted by atomic mass is 32.2. The van der Waals surface area contributed by atoms with E-state index in [2.05, 4.69) is 20.1 Å². The molecule has 0 atom stereocenters. The Hall–Kier alpha value is -3.04. The van der Waals surface area contributed by atoms with Gasteiger partial charge in [0.1, 0.15) is 5.82 Å². The van der Waals surface area contributed by atoms with E-state index in [0.717, 1.165) is 5.56 Å². The van der Waals surface area contributed by atoms with Gasteiger partial charge in [0, 0.05) is 42.2 Å². The van der Waals surface area contributed by atoms with Crippen LogP contribution in [0.15, 0.2) is 59.8 Å². The first kappa shape index (κ1) is 20.7. The molecule has 3 rings (SSSR count). The monoisotopic (exact) mass is 413 g/mol. The quantitative estimate of drug-likeness (QED) is 0.669. The van der Waals surface area contributed by atoms with Gasteiger partial charge in [-0.2, -0.15) is 5.10 Å². The minimum atomic E-state index is -3.65. The predicted octanol–water partition coefficient (Wildman–Crippen LogP) is 2.81. The number of benzene rings is 1. The summed E-state index contributed by atoms with van der Waals surface area (Å²) in [6, 6.07) is 11.2. The lowest BCUT2D eigenvalue weighted by Crippen LogP contribution is -2.40. The van der Waals surface area contributed by atoms with E-state index in [4.69, 9.17) is 0 Å². The summed E-state index contributed by atoms with van der Waals surface area (Å²) in [5.41, 5.74) is 1.34. The molecule has 0 aliphatic carbocycles. The van der Waals surface area contributed by atoms with E-state index in [1.807, 2.05) is 12.1 Å². The van der Waals surface area contributed by atoms with E-state index in [9.17, 15) is 13.2 Å². The number of pyridine rings is 1. The van der Waals surface area contributed by atoms with Crippen LogP contribution in [0.25, 0.3) is 11.3 Å². The molecule has 2 heterocycles. The maximum atomic E-state index is 12.6. The minimum Gasteiger partial charge on any atom is -0.307 e. The number of carbonyl (C=O) groups is 1. The van der Waals surface area contributed by atoms with Crippen molar-refractivity contribution in [2.24, 2.45) is 7.05 Å². The number of anilines is 1. The molecule has 1 aromatic carbocycles. The van der Waals surface area contributed by atoms with Crippen LogP contribution in [0.4, 0.5) is 5.82 Å². The van der Waals surface area contributed by atoms with E-state index in [-0.39, 0.29) is 10.8 Å². The van der Waals surface area contributed by atoms with Gasteiger partial charge in [-0.3, -0.25) is 14.5 Å². The summed E-state index contributed by atoms with van der Waals surface area (Å²) in [6.45, 7) is 5.29. The molecule has 9 heteroatoms. The van der Waals surface area contributed by atoms with Crippen LogP contribution in [0.3, 0.4) is 0 Å². The Morgan fingerprint density at radius 2 is 1.66 bits per heavy atom. The fraction of sp³-hybridized carbons (Fsp3) is 0.250. The number of hydrogen-bond donors (Lipinski definition) is 2. The number of amides is 1. The van der Waals surface area contributed by atoms with Crippen LogP contribution in [-0.2, 0) is 17.1 Å². The van der Waals surface area contributed by atoms with Crippen LogP contribution in [0, 0.1) is 0 Å². The SMILES string of the molecule is Cn1nc(-c2ccncc2)cc1NC(=O)c1ccc(S(=O)(=O)NC(C)(C)C)cc1. The molecule has 0 fully saturated rings. The molecular weight excluding hydrogens is 390 g/mol. The first-order chi connectivity index (χ1) is 13.5. The van der Waals surface area contributed by atoms with Crippen LogP contribution in [0.5, 0.6) is 0 Å². The molecule has 152 valence electrons. The molecule has 29 heavy (non-hydrogen) atoms. The lowest BCUT2D eigenvalue weighted by Gasteiger charge is -2.20. The van der Waals surface area contributed by atoms with Crippen molar-refractivity contribution in [3.8, 4) is 11.3 Å². The van der Waals surface area contributed by atoms with Crippen molar-refractivity contribution in [1.82, 2.24) is 19.5 Å². The highest BCUT2D eigenvalue weighted by Crippen LogP contribution is 2.21. The van der Waals surface area contributed by atoms with Crippen LogP contribution >= 0.6 is 0 Å². The Bertz CT molecular complexity index is 1120. The van der Waals surface area contributed by atoms with Gasteiger partial charge in [-0.15, -0.1) is 0 Å². The van der Waals surface area contributed by atoms with Gasteiger partial charge in [-0.1, -0.05) is 0 Å². The molecule has 0 unspecified atom stereocenters. The average molecular weight is 414 g/mol. The van der Waals surface area contributed by atoms with E-state index in [0.29, 0.717) is 17.1 Å². The molecule has 3 aromatic rings. The summed E-state index contributed by atoms with van der Waals surface area (Å²) < 4.78 is 28.9. The van der Waals surface area contributed by atoms with Gasteiger partial charge >= 0.3 is 0 Å². The van der Waals surface area contributed by atoms with Crippen molar-refractivity contribution >= 4 is 21.7 Å². The second-order valence-corrected chi connectivity index (χ2v) is 9.29. The molecule has 8 nitrogen and oxygen atoms in total. The van der Waals surface area contributed by atoms with Gasteiger partial charge in [0.2, 0.25) is 10.0 Å². The summed E-state index contributed by atoms with van der Waals surface area (Å²) in [5, 5.41) is 7.19. The number of aryl methyl sites for hydroxylation is 1. The number of carbonyl (C=O) groups excluding carboxylic acids is 1. The van der Waals surface area contributed by atoms with E-state index >= 15 is 0 Å². The Labute approximate surface area is 170 Å². The lowest BCUT2D eigenvalue weighted by atomic mass is 10.1. The minimum absolute atomic E-state index is 0.101. The van der Waals surface area contributed by atoms with E-state index in [1.54, 1.807) is 51.0 Å². The van der Waals surface area contributed by atoms with Crippen molar-refractivity contribution in [2.45, 2.75) is 31.2 Å². The van der Waals surface area contributed by atoms with Gasteiger partial charge in [0.05, 0.1) is 10.6 Å². The Kier molecular flexibility index (Phi) is 5.54. The maximum Gasteiger partial charge on any atom is 0.256 e. The maximum absolute atomic E-state index is 12.6. The third-order valence-corrected chi connectivity index (χ3v) is 5.74. The van der Waals surface area contributed by atoms with Gasteiger partial charge in [-0.25, -0.2) is 13.1 Å². The van der Waals surface area contributed by atoms with Crippen molar-refractivity contribution in [3.05, 3.63) is 60.4 Å². The molecule has 1 amide bonds. The molecule has 2 aromatic heterocycles. The second-order valence-electron chi connectivity index (χ2n) is 7.61. The summed E-state index contributed by atoms with van der Waals surface area (Å²) in [5.74, 6) is 0.162. The Balaban J connectivity index is 1.76. The molecule has 0 saturated carbocycles. The second kappa shape index (κ2) is 7.76. The van der Waals surface area contributed by atoms with Gasteiger partial charge in [0.25, 0.3) is 5.91 Å². The summed E-state index contributed by atoms with van der Waals surface area (Å²) in [6.07, 6.45) is 3.35. The zero-order chi connectivity index (χ0) is 21.2. The van der Waals surface area contributed by atoms with Gasteiger partial charge in [0.15, 0.2) is 0 Å². The molecule has 0 spiro atoms. The summed E-state index contributed by atoms with van der Waals surface area (Å²) >= 11 is 0. The van der Waals surface area contributed by atoms with Crippen LogP contribution < -0.4 is 10.0 Å². The average Bonchev–Trinajstić information content (AvgIpc) is 3.01. The summed E-state index contributed by atoms with van der Waals surface area (Å²) in [7, 11) is -1.92. The third kappa shape index (κ3) is 5.07. The fourth-order valence-electron chi connectivity index (χ4n) is 2.68. The van der Waals surface area contributed by atoms with Crippen molar-refractivity contribution in [3.63, 3.8) is 0 Å². The third-order valence-electron chi connectivity index (χ3n) is 3.96. The van der Waals surface area contributed by atoms with E-state index in [1.165, 1.54) is 24.3 Å². The zero-order valence-corrected chi connectivity index (χ0v) is 17.5. The largest absolute Gasteiger partial charge is 0.307 e. The van der Waals surface area contributed by atoms with Gasteiger partial charge in [-0.05, 0) is 57.2 Å². The molecule has 2 N–H and O–H groups in total.